The van der Waals surface area contributed by atoms with Crippen LogP contribution >= 0.6 is 23.4 Å². The van der Waals surface area contributed by atoms with Crippen LogP contribution < -0.4 is 5.32 Å². The maximum atomic E-state index is 14.2. The number of nitrogens with zero attached hydrogens (tertiary/aromatic N) is 1. The summed E-state index contributed by atoms with van der Waals surface area (Å²) in [5, 5.41) is 3.47. The van der Waals surface area contributed by atoms with Crippen molar-refractivity contribution < 1.29 is 14.0 Å². The lowest BCUT2D eigenvalue weighted by molar-refractivity contribution is -0.138. The van der Waals surface area contributed by atoms with Gasteiger partial charge in [0.2, 0.25) is 11.8 Å². The summed E-state index contributed by atoms with van der Waals surface area (Å²) >= 11 is 7.25. The summed E-state index contributed by atoms with van der Waals surface area (Å²) < 4.78 is 14.2. The number of carbonyl (C=O) groups is 2. The van der Waals surface area contributed by atoms with Crippen molar-refractivity contribution in [3.63, 3.8) is 0 Å². The molecule has 0 bridgehead atoms. The molecular weight excluding hydrogens is 411 g/mol. The predicted octanol–water partition coefficient (Wildman–Crippen LogP) is 4.76. The van der Waals surface area contributed by atoms with E-state index in [0.29, 0.717) is 23.0 Å². The number of carbonyl (C=O) groups excluding carboxylic acids is 2. The minimum Gasteiger partial charge on any atom is -0.354 e. The molecular formula is C22H26ClFN2O2S. The SMILES string of the molecule is CC(C)CNC(=O)C(C)N(Cc1ccccc1F)C(=O)CSc1ccc(Cl)cc1. The van der Waals surface area contributed by atoms with Gasteiger partial charge in [0.25, 0.3) is 0 Å². The summed E-state index contributed by atoms with van der Waals surface area (Å²) in [5.74, 6) is -0.453. The Bertz CT molecular complexity index is 830. The van der Waals surface area contributed by atoms with Gasteiger partial charge < -0.3 is 10.2 Å². The van der Waals surface area contributed by atoms with Gasteiger partial charge in [0.15, 0.2) is 0 Å². The highest BCUT2D eigenvalue weighted by molar-refractivity contribution is 8.00. The van der Waals surface area contributed by atoms with Gasteiger partial charge in [0, 0.05) is 28.6 Å². The summed E-state index contributed by atoms with van der Waals surface area (Å²) in [4.78, 5) is 27.8. The molecule has 2 rings (SSSR count). The molecule has 0 heterocycles. The predicted molar refractivity (Wildman–Crippen MR) is 116 cm³/mol. The van der Waals surface area contributed by atoms with Crippen LogP contribution in [0.4, 0.5) is 4.39 Å². The standard InChI is InChI=1S/C22H26ClFN2O2S/c1-15(2)12-25-22(28)16(3)26(13-17-6-4-5-7-20(17)24)21(27)14-29-19-10-8-18(23)9-11-19/h4-11,15-16H,12-14H2,1-3H3,(H,25,28). The first-order valence-corrected chi connectivity index (χ1v) is 10.8. The summed E-state index contributed by atoms with van der Waals surface area (Å²) in [7, 11) is 0. The molecule has 0 saturated heterocycles. The van der Waals surface area contributed by atoms with Crippen LogP contribution in [0.5, 0.6) is 0 Å². The molecule has 29 heavy (non-hydrogen) atoms. The zero-order chi connectivity index (χ0) is 21.4. The van der Waals surface area contributed by atoms with Crippen LogP contribution in [0, 0.1) is 11.7 Å². The van der Waals surface area contributed by atoms with Crippen LogP contribution in [0.1, 0.15) is 26.3 Å². The Morgan fingerprint density at radius 1 is 1.10 bits per heavy atom. The number of halogens is 2. The van der Waals surface area contributed by atoms with Crippen molar-refractivity contribution in [1.82, 2.24) is 10.2 Å². The Labute approximate surface area is 180 Å². The van der Waals surface area contributed by atoms with Crippen molar-refractivity contribution in [3.8, 4) is 0 Å². The summed E-state index contributed by atoms with van der Waals surface area (Å²) in [6.45, 7) is 6.21. The molecule has 0 fully saturated rings. The van der Waals surface area contributed by atoms with Crippen molar-refractivity contribution >= 4 is 35.2 Å². The van der Waals surface area contributed by atoms with Crippen LogP contribution in [0.2, 0.25) is 5.02 Å². The zero-order valence-corrected chi connectivity index (χ0v) is 18.4. The maximum Gasteiger partial charge on any atom is 0.242 e. The van der Waals surface area contributed by atoms with Gasteiger partial charge in [0.05, 0.1) is 5.75 Å². The van der Waals surface area contributed by atoms with Crippen molar-refractivity contribution in [1.29, 1.82) is 0 Å². The first kappa shape index (κ1) is 23.2. The number of nitrogens with one attached hydrogen (secondary N) is 1. The van der Waals surface area contributed by atoms with Crippen molar-refractivity contribution in [2.75, 3.05) is 12.3 Å². The lowest BCUT2D eigenvalue weighted by atomic mass is 10.1. The fraction of sp³-hybridized carbons (Fsp3) is 0.364. The lowest BCUT2D eigenvalue weighted by Gasteiger charge is -2.29. The van der Waals surface area contributed by atoms with Crippen LogP contribution in [-0.4, -0.2) is 35.1 Å². The van der Waals surface area contributed by atoms with Gasteiger partial charge in [-0.3, -0.25) is 9.59 Å². The average molecular weight is 437 g/mol. The first-order chi connectivity index (χ1) is 13.8. The minimum atomic E-state index is -0.716. The van der Waals surface area contributed by atoms with Gasteiger partial charge >= 0.3 is 0 Å². The number of hydrogen-bond acceptors (Lipinski definition) is 3. The van der Waals surface area contributed by atoms with E-state index >= 15 is 0 Å². The zero-order valence-electron chi connectivity index (χ0n) is 16.8. The molecule has 0 aliphatic heterocycles. The molecule has 156 valence electrons. The van der Waals surface area contributed by atoms with Crippen molar-refractivity contribution in [2.45, 2.75) is 38.3 Å². The van der Waals surface area contributed by atoms with E-state index in [1.165, 1.54) is 22.7 Å². The van der Waals surface area contributed by atoms with Crippen LogP contribution in [0.25, 0.3) is 0 Å². The highest BCUT2D eigenvalue weighted by Crippen LogP contribution is 2.22. The quantitative estimate of drug-likeness (QED) is 0.576. The van der Waals surface area contributed by atoms with Gasteiger partial charge in [-0.15, -0.1) is 11.8 Å². The number of amides is 2. The normalized spacial score (nSPS) is 11.9. The van der Waals surface area contributed by atoms with E-state index in [0.717, 1.165) is 4.90 Å². The maximum absolute atomic E-state index is 14.2. The molecule has 4 nitrogen and oxygen atoms in total. The Morgan fingerprint density at radius 2 is 1.76 bits per heavy atom. The van der Waals surface area contributed by atoms with Crippen molar-refractivity contribution in [2.24, 2.45) is 5.92 Å². The Balaban J connectivity index is 2.13. The first-order valence-electron chi connectivity index (χ1n) is 9.47. The molecule has 2 aromatic carbocycles. The Hall–Kier alpha value is -2.05. The highest BCUT2D eigenvalue weighted by atomic mass is 35.5. The third-order valence-electron chi connectivity index (χ3n) is 4.33. The van der Waals surface area contributed by atoms with E-state index in [4.69, 9.17) is 11.6 Å². The van der Waals surface area contributed by atoms with E-state index in [9.17, 15) is 14.0 Å². The van der Waals surface area contributed by atoms with Gasteiger partial charge in [-0.1, -0.05) is 43.6 Å². The van der Waals surface area contributed by atoms with Crippen molar-refractivity contribution in [3.05, 3.63) is 64.9 Å². The van der Waals surface area contributed by atoms with E-state index in [2.05, 4.69) is 5.32 Å². The minimum absolute atomic E-state index is 0.0307. The van der Waals surface area contributed by atoms with Gasteiger partial charge in [0.1, 0.15) is 11.9 Å². The molecule has 0 saturated carbocycles. The highest BCUT2D eigenvalue weighted by Gasteiger charge is 2.26. The number of hydrogen-bond donors (Lipinski definition) is 1. The van der Waals surface area contributed by atoms with Crippen LogP contribution in [0.15, 0.2) is 53.4 Å². The second-order valence-corrected chi connectivity index (χ2v) is 8.66. The van der Waals surface area contributed by atoms with Gasteiger partial charge in [-0.05, 0) is 43.2 Å². The second kappa shape index (κ2) is 11.2. The van der Waals surface area contributed by atoms with Crippen LogP contribution in [0.3, 0.4) is 0 Å². The lowest BCUT2D eigenvalue weighted by Crippen LogP contribution is -2.48. The Kier molecular flexibility index (Phi) is 8.99. The van der Waals surface area contributed by atoms with E-state index < -0.39 is 11.9 Å². The fourth-order valence-corrected chi connectivity index (χ4v) is 3.51. The molecule has 0 spiro atoms. The molecule has 0 aliphatic carbocycles. The van der Waals surface area contributed by atoms with Gasteiger partial charge in [-0.2, -0.15) is 0 Å². The van der Waals surface area contributed by atoms with E-state index in [1.54, 1.807) is 37.3 Å². The van der Waals surface area contributed by atoms with E-state index in [-0.39, 0.29) is 24.1 Å². The third kappa shape index (κ3) is 7.37. The molecule has 2 amide bonds. The van der Waals surface area contributed by atoms with E-state index in [1.807, 2.05) is 26.0 Å². The molecule has 1 N–H and O–H groups in total. The number of rotatable bonds is 9. The third-order valence-corrected chi connectivity index (χ3v) is 5.58. The summed E-state index contributed by atoms with van der Waals surface area (Å²) in [6.07, 6.45) is 0. The number of benzene rings is 2. The monoisotopic (exact) mass is 436 g/mol. The summed E-state index contributed by atoms with van der Waals surface area (Å²) in [6, 6.07) is 12.8. The van der Waals surface area contributed by atoms with Crippen LogP contribution in [-0.2, 0) is 16.1 Å². The second-order valence-electron chi connectivity index (χ2n) is 7.17. The molecule has 0 radical (unpaired) electrons. The largest absolute Gasteiger partial charge is 0.354 e. The molecule has 7 heteroatoms. The smallest absolute Gasteiger partial charge is 0.242 e. The fourth-order valence-electron chi connectivity index (χ4n) is 2.60. The molecule has 2 aromatic rings. The topological polar surface area (TPSA) is 49.4 Å². The Morgan fingerprint density at radius 3 is 2.38 bits per heavy atom. The summed E-state index contributed by atoms with van der Waals surface area (Å²) in [5.41, 5.74) is 0.376. The average Bonchev–Trinajstić information content (AvgIpc) is 2.70. The molecule has 0 aromatic heterocycles. The van der Waals surface area contributed by atoms with Gasteiger partial charge in [-0.25, -0.2) is 4.39 Å². The number of thioether (sulfide) groups is 1. The molecule has 1 atom stereocenters. The molecule has 0 aliphatic rings. The molecule has 1 unspecified atom stereocenters.